The maximum absolute atomic E-state index is 12.5. The molecule has 0 aliphatic rings. The zero-order valence-corrected chi connectivity index (χ0v) is 18.5. The van der Waals surface area contributed by atoms with Crippen LogP contribution >= 0.6 is 27.7 Å². The van der Waals surface area contributed by atoms with Crippen LogP contribution in [-0.2, 0) is 4.79 Å². The van der Waals surface area contributed by atoms with E-state index >= 15 is 0 Å². The summed E-state index contributed by atoms with van der Waals surface area (Å²) < 4.78 is 2.93. The standard InChI is InChI=1S/C22H18BrN5OS/c1-15-13-16(10-11-18(15)23)25-20(29)14-30-22-27-26-21(19-9-5-6-12-24-19)28(22)17-7-3-2-4-8-17/h2-13H,14H2,1H3,(H,25,29). The van der Waals surface area contributed by atoms with Crippen molar-refractivity contribution in [3.8, 4) is 17.2 Å². The second kappa shape index (κ2) is 9.23. The van der Waals surface area contributed by atoms with Crippen LogP contribution in [0.1, 0.15) is 5.56 Å². The molecular weight excluding hydrogens is 462 g/mol. The van der Waals surface area contributed by atoms with Gasteiger partial charge in [-0.1, -0.05) is 52.0 Å². The molecule has 0 aliphatic carbocycles. The Morgan fingerprint density at radius 1 is 1.07 bits per heavy atom. The molecule has 30 heavy (non-hydrogen) atoms. The summed E-state index contributed by atoms with van der Waals surface area (Å²) in [5, 5.41) is 12.2. The van der Waals surface area contributed by atoms with E-state index in [1.165, 1.54) is 11.8 Å². The number of pyridine rings is 1. The minimum absolute atomic E-state index is 0.108. The molecule has 8 heteroatoms. The van der Waals surface area contributed by atoms with Crippen molar-refractivity contribution in [2.45, 2.75) is 12.1 Å². The fraction of sp³-hybridized carbons (Fsp3) is 0.0909. The molecule has 0 radical (unpaired) electrons. The molecule has 6 nitrogen and oxygen atoms in total. The lowest BCUT2D eigenvalue weighted by Crippen LogP contribution is -2.14. The number of nitrogens with zero attached hydrogens (tertiary/aromatic N) is 4. The third kappa shape index (κ3) is 4.60. The largest absolute Gasteiger partial charge is 0.325 e. The number of carbonyl (C=O) groups excluding carboxylic acids is 1. The van der Waals surface area contributed by atoms with Crippen molar-refractivity contribution in [1.29, 1.82) is 0 Å². The number of rotatable bonds is 6. The first-order valence-corrected chi connectivity index (χ1v) is 11.0. The van der Waals surface area contributed by atoms with Crippen LogP contribution in [0.5, 0.6) is 0 Å². The Morgan fingerprint density at radius 2 is 1.87 bits per heavy atom. The van der Waals surface area contributed by atoms with Crippen molar-refractivity contribution in [3.05, 3.63) is 83.0 Å². The minimum Gasteiger partial charge on any atom is -0.325 e. The fourth-order valence-corrected chi connectivity index (χ4v) is 3.88. The molecule has 1 N–H and O–H groups in total. The van der Waals surface area contributed by atoms with E-state index < -0.39 is 0 Å². The molecule has 0 bridgehead atoms. The normalized spacial score (nSPS) is 10.7. The molecule has 4 rings (SSSR count). The molecule has 0 spiro atoms. The number of amides is 1. The Hall–Kier alpha value is -2.97. The molecule has 150 valence electrons. The van der Waals surface area contributed by atoms with Gasteiger partial charge < -0.3 is 5.32 Å². The lowest BCUT2D eigenvalue weighted by Gasteiger charge is -2.10. The first-order valence-electron chi connectivity index (χ1n) is 9.23. The quantitative estimate of drug-likeness (QED) is 0.388. The fourth-order valence-electron chi connectivity index (χ4n) is 2.88. The van der Waals surface area contributed by atoms with Crippen LogP contribution in [0.3, 0.4) is 0 Å². The molecule has 0 fully saturated rings. The molecule has 0 saturated carbocycles. The van der Waals surface area contributed by atoms with Crippen molar-refractivity contribution in [3.63, 3.8) is 0 Å². The molecule has 2 aromatic carbocycles. The third-order valence-corrected chi connectivity index (χ3v) is 6.13. The van der Waals surface area contributed by atoms with Gasteiger partial charge in [0.15, 0.2) is 11.0 Å². The van der Waals surface area contributed by atoms with Gasteiger partial charge in [0.25, 0.3) is 0 Å². The van der Waals surface area contributed by atoms with Gasteiger partial charge in [0.05, 0.1) is 5.75 Å². The number of nitrogens with one attached hydrogen (secondary N) is 1. The molecule has 1 amide bonds. The average Bonchev–Trinajstić information content (AvgIpc) is 3.20. The second-order valence-electron chi connectivity index (χ2n) is 6.49. The van der Waals surface area contributed by atoms with Gasteiger partial charge in [-0.2, -0.15) is 0 Å². The van der Waals surface area contributed by atoms with Gasteiger partial charge in [-0.05, 0) is 55.0 Å². The number of thioether (sulfide) groups is 1. The molecular formula is C22H18BrN5OS. The first-order chi connectivity index (χ1) is 14.6. The monoisotopic (exact) mass is 479 g/mol. The van der Waals surface area contributed by atoms with Crippen LogP contribution in [0.4, 0.5) is 5.69 Å². The van der Waals surface area contributed by atoms with Crippen molar-refractivity contribution < 1.29 is 4.79 Å². The highest BCUT2D eigenvalue weighted by atomic mass is 79.9. The summed E-state index contributed by atoms with van der Waals surface area (Å²) in [6.45, 7) is 1.98. The van der Waals surface area contributed by atoms with Crippen molar-refractivity contribution in [1.82, 2.24) is 19.7 Å². The summed E-state index contributed by atoms with van der Waals surface area (Å²) in [4.78, 5) is 16.9. The number of benzene rings is 2. The number of anilines is 1. The summed E-state index contributed by atoms with van der Waals surface area (Å²) in [5.74, 6) is 0.736. The third-order valence-electron chi connectivity index (χ3n) is 4.32. The van der Waals surface area contributed by atoms with E-state index in [4.69, 9.17) is 0 Å². The zero-order valence-electron chi connectivity index (χ0n) is 16.1. The Labute approximate surface area is 186 Å². The smallest absolute Gasteiger partial charge is 0.234 e. The molecule has 0 unspecified atom stereocenters. The average molecular weight is 480 g/mol. The minimum atomic E-state index is -0.108. The number of para-hydroxylation sites is 1. The number of hydrogen-bond acceptors (Lipinski definition) is 5. The van der Waals surface area contributed by atoms with Crippen LogP contribution in [0.15, 0.2) is 82.6 Å². The Morgan fingerprint density at radius 3 is 2.60 bits per heavy atom. The van der Waals surface area contributed by atoms with Crippen molar-refractivity contribution in [2.75, 3.05) is 11.1 Å². The van der Waals surface area contributed by atoms with Crippen LogP contribution in [0.2, 0.25) is 0 Å². The van der Waals surface area contributed by atoms with Gasteiger partial charge in [0.1, 0.15) is 5.69 Å². The molecule has 0 aliphatic heterocycles. The Balaban J connectivity index is 1.56. The molecule has 4 aromatic rings. The van der Waals surface area contributed by atoms with Crippen LogP contribution in [0.25, 0.3) is 17.2 Å². The van der Waals surface area contributed by atoms with Crippen LogP contribution in [-0.4, -0.2) is 31.4 Å². The van der Waals surface area contributed by atoms with E-state index in [0.29, 0.717) is 11.0 Å². The van der Waals surface area contributed by atoms with Gasteiger partial charge in [-0.25, -0.2) is 0 Å². The highest BCUT2D eigenvalue weighted by Gasteiger charge is 2.18. The maximum atomic E-state index is 12.5. The van der Waals surface area contributed by atoms with Crippen LogP contribution < -0.4 is 5.32 Å². The van der Waals surface area contributed by atoms with E-state index in [9.17, 15) is 4.79 Å². The first kappa shape index (κ1) is 20.3. The van der Waals surface area contributed by atoms with Crippen molar-refractivity contribution >= 4 is 39.3 Å². The molecule has 0 atom stereocenters. The molecule has 2 heterocycles. The van der Waals surface area contributed by atoms with Gasteiger partial charge >= 0.3 is 0 Å². The van der Waals surface area contributed by atoms with Crippen molar-refractivity contribution in [2.24, 2.45) is 0 Å². The lowest BCUT2D eigenvalue weighted by atomic mass is 10.2. The van der Waals surface area contributed by atoms with E-state index in [-0.39, 0.29) is 11.7 Å². The highest BCUT2D eigenvalue weighted by molar-refractivity contribution is 9.10. The predicted molar refractivity (Wildman–Crippen MR) is 123 cm³/mol. The Bertz CT molecular complexity index is 1160. The van der Waals surface area contributed by atoms with Crippen LogP contribution in [0, 0.1) is 6.92 Å². The summed E-state index contributed by atoms with van der Waals surface area (Å²) >= 11 is 4.80. The van der Waals surface area contributed by atoms with E-state index in [1.54, 1.807) is 6.20 Å². The topological polar surface area (TPSA) is 72.7 Å². The number of halogens is 1. The number of carbonyl (C=O) groups is 1. The summed E-state index contributed by atoms with van der Waals surface area (Å²) in [6.07, 6.45) is 1.72. The van der Waals surface area contributed by atoms with E-state index in [1.807, 2.05) is 78.2 Å². The maximum Gasteiger partial charge on any atom is 0.234 e. The lowest BCUT2D eigenvalue weighted by molar-refractivity contribution is -0.113. The predicted octanol–water partition coefficient (Wildman–Crippen LogP) is 5.13. The highest BCUT2D eigenvalue weighted by Crippen LogP contribution is 2.27. The second-order valence-corrected chi connectivity index (χ2v) is 8.29. The van der Waals surface area contributed by atoms with E-state index in [0.717, 1.165) is 27.1 Å². The number of aryl methyl sites for hydroxylation is 1. The van der Waals surface area contributed by atoms with Gasteiger partial charge in [0, 0.05) is 22.0 Å². The molecule has 2 aromatic heterocycles. The van der Waals surface area contributed by atoms with Gasteiger partial charge in [-0.3, -0.25) is 14.3 Å². The number of hydrogen-bond donors (Lipinski definition) is 1. The SMILES string of the molecule is Cc1cc(NC(=O)CSc2nnc(-c3ccccn3)n2-c2ccccc2)ccc1Br. The number of aromatic nitrogens is 4. The Kier molecular flexibility index (Phi) is 6.25. The zero-order chi connectivity index (χ0) is 20.9. The summed E-state index contributed by atoms with van der Waals surface area (Å²) in [7, 11) is 0. The summed E-state index contributed by atoms with van der Waals surface area (Å²) in [6, 6.07) is 21.2. The van der Waals surface area contributed by atoms with E-state index in [2.05, 4.69) is 36.4 Å². The van der Waals surface area contributed by atoms with Gasteiger partial charge in [-0.15, -0.1) is 10.2 Å². The van der Waals surface area contributed by atoms with Gasteiger partial charge in [0.2, 0.25) is 5.91 Å². The molecule has 0 saturated heterocycles. The summed E-state index contributed by atoms with van der Waals surface area (Å²) in [5.41, 5.74) is 3.45.